The Hall–Kier alpha value is -2.24. The smallest absolute Gasteiger partial charge is 0.250 e. The average molecular weight is 250 g/mol. The monoisotopic (exact) mass is 250 g/mol. The Bertz CT molecular complexity index is 471. The molecule has 1 aromatic rings. The maximum atomic E-state index is 11.3. The number of nitrogen functional groups attached to an aromatic ring is 1. The van der Waals surface area contributed by atoms with E-state index in [0.29, 0.717) is 11.4 Å². The molecule has 98 valence electrons. The van der Waals surface area contributed by atoms with Crippen LogP contribution in [-0.2, 0) is 4.79 Å². The van der Waals surface area contributed by atoms with Gasteiger partial charge in [-0.05, 0) is 24.1 Å². The van der Waals surface area contributed by atoms with E-state index < -0.39 is 17.9 Å². The zero-order valence-electron chi connectivity index (χ0n) is 10.4. The summed E-state index contributed by atoms with van der Waals surface area (Å²) >= 11 is 0. The number of carbonyl (C=O) groups is 2. The van der Waals surface area contributed by atoms with Gasteiger partial charge in [0.05, 0.1) is 5.56 Å². The molecule has 0 radical (unpaired) electrons. The van der Waals surface area contributed by atoms with Crippen molar-refractivity contribution in [3.05, 3.63) is 23.8 Å². The van der Waals surface area contributed by atoms with Gasteiger partial charge in [-0.3, -0.25) is 9.59 Å². The molecule has 2 amide bonds. The number of anilines is 2. The Balaban J connectivity index is 3.12. The predicted molar refractivity (Wildman–Crippen MR) is 70.8 cm³/mol. The zero-order chi connectivity index (χ0) is 13.9. The third-order valence-electron chi connectivity index (χ3n) is 2.59. The molecule has 0 aliphatic rings. The fraction of sp³-hybridized carbons (Fsp3) is 0.333. The number of hydrogen-bond acceptors (Lipinski definition) is 4. The third-order valence-corrected chi connectivity index (χ3v) is 2.59. The molecule has 1 rings (SSSR count). The summed E-state index contributed by atoms with van der Waals surface area (Å²) in [6, 6.07) is 4.04. The zero-order valence-corrected chi connectivity index (χ0v) is 10.4. The van der Waals surface area contributed by atoms with E-state index in [0.717, 1.165) is 0 Å². The Morgan fingerprint density at radius 1 is 1.22 bits per heavy atom. The van der Waals surface area contributed by atoms with E-state index in [1.54, 1.807) is 12.1 Å². The summed E-state index contributed by atoms with van der Waals surface area (Å²) in [5.41, 5.74) is 17.4. The molecular weight excluding hydrogens is 232 g/mol. The maximum absolute atomic E-state index is 11.3. The van der Waals surface area contributed by atoms with Gasteiger partial charge in [0.1, 0.15) is 6.04 Å². The summed E-state index contributed by atoms with van der Waals surface area (Å²) in [4.78, 5) is 22.6. The van der Waals surface area contributed by atoms with Gasteiger partial charge in [0, 0.05) is 11.4 Å². The van der Waals surface area contributed by atoms with Crippen molar-refractivity contribution in [1.82, 2.24) is 0 Å². The van der Waals surface area contributed by atoms with E-state index >= 15 is 0 Å². The lowest BCUT2D eigenvalue weighted by Gasteiger charge is -2.21. The maximum Gasteiger partial charge on any atom is 0.250 e. The molecule has 0 aliphatic heterocycles. The molecule has 0 fully saturated rings. The minimum Gasteiger partial charge on any atom is -0.399 e. The van der Waals surface area contributed by atoms with Crippen molar-refractivity contribution in [2.24, 2.45) is 17.4 Å². The highest BCUT2D eigenvalue weighted by Gasteiger charge is 2.21. The molecule has 0 saturated heterocycles. The van der Waals surface area contributed by atoms with Crippen molar-refractivity contribution in [1.29, 1.82) is 0 Å². The molecule has 1 atom stereocenters. The number of primary amides is 2. The van der Waals surface area contributed by atoms with Crippen LogP contribution in [0.25, 0.3) is 0 Å². The molecule has 7 N–H and O–H groups in total. The van der Waals surface area contributed by atoms with Crippen molar-refractivity contribution >= 4 is 23.2 Å². The van der Waals surface area contributed by atoms with E-state index in [-0.39, 0.29) is 11.5 Å². The summed E-state index contributed by atoms with van der Waals surface area (Å²) in [6.07, 6.45) is 0. The lowest BCUT2D eigenvalue weighted by molar-refractivity contribution is -0.119. The van der Waals surface area contributed by atoms with Crippen molar-refractivity contribution < 1.29 is 9.59 Å². The predicted octanol–water partition coefficient (Wildman–Crippen LogP) is 0.290. The summed E-state index contributed by atoms with van der Waals surface area (Å²) in [7, 11) is 0. The minimum atomic E-state index is -0.593. The van der Waals surface area contributed by atoms with Gasteiger partial charge in [-0.2, -0.15) is 0 Å². The van der Waals surface area contributed by atoms with Gasteiger partial charge in [-0.15, -0.1) is 0 Å². The summed E-state index contributed by atoms with van der Waals surface area (Å²) in [5, 5.41) is 2.91. The van der Waals surface area contributed by atoms with Gasteiger partial charge in [0.2, 0.25) is 5.91 Å². The summed E-state index contributed by atoms with van der Waals surface area (Å²) < 4.78 is 0. The number of nitrogens with one attached hydrogen (secondary N) is 1. The highest BCUT2D eigenvalue weighted by Crippen LogP contribution is 2.21. The number of benzene rings is 1. The number of amides is 2. The van der Waals surface area contributed by atoms with Crippen molar-refractivity contribution in [3.63, 3.8) is 0 Å². The molecule has 1 unspecified atom stereocenters. The summed E-state index contributed by atoms with van der Waals surface area (Å²) in [6.45, 7) is 3.69. The van der Waals surface area contributed by atoms with E-state index in [2.05, 4.69) is 5.32 Å². The lowest BCUT2D eigenvalue weighted by Crippen LogP contribution is -2.40. The highest BCUT2D eigenvalue weighted by molar-refractivity contribution is 6.00. The van der Waals surface area contributed by atoms with Gasteiger partial charge >= 0.3 is 0 Å². The van der Waals surface area contributed by atoms with Gasteiger partial charge in [-0.25, -0.2) is 0 Å². The van der Waals surface area contributed by atoms with E-state index in [1.807, 2.05) is 13.8 Å². The molecule has 0 bridgehead atoms. The van der Waals surface area contributed by atoms with Crippen LogP contribution in [0.1, 0.15) is 24.2 Å². The molecule has 0 aliphatic carbocycles. The van der Waals surface area contributed by atoms with Crippen LogP contribution in [0, 0.1) is 5.92 Å². The normalized spacial score (nSPS) is 12.2. The van der Waals surface area contributed by atoms with Crippen LogP contribution < -0.4 is 22.5 Å². The largest absolute Gasteiger partial charge is 0.399 e. The van der Waals surface area contributed by atoms with Crippen molar-refractivity contribution in [3.8, 4) is 0 Å². The van der Waals surface area contributed by atoms with Gasteiger partial charge in [-0.1, -0.05) is 13.8 Å². The quantitative estimate of drug-likeness (QED) is 0.560. The Morgan fingerprint density at radius 2 is 1.83 bits per heavy atom. The molecule has 0 saturated carbocycles. The van der Waals surface area contributed by atoms with Crippen molar-refractivity contribution in [2.75, 3.05) is 11.1 Å². The van der Waals surface area contributed by atoms with E-state index in [4.69, 9.17) is 17.2 Å². The van der Waals surface area contributed by atoms with Crippen LogP contribution in [0.15, 0.2) is 18.2 Å². The Labute approximate surface area is 106 Å². The first kappa shape index (κ1) is 13.8. The average Bonchev–Trinajstić information content (AvgIpc) is 2.24. The molecular formula is C12H18N4O2. The first-order chi connectivity index (χ1) is 8.32. The molecule has 0 aromatic heterocycles. The number of hydrogen-bond donors (Lipinski definition) is 4. The third kappa shape index (κ3) is 3.13. The molecule has 1 aromatic carbocycles. The second kappa shape index (κ2) is 5.39. The molecule has 0 spiro atoms. The van der Waals surface area contributed by atoms with Gasteiger partial charge < -0.3 is 22.5 Å². The summed E-state index contributed by atoms with van der Waals surface area (Å²) in [5.74, 6) is -1.11. The van der Waals surface area contributed by atoms with E-state index in [1.165, 1.54) is 6.07 Å². The van der Waals surface area contributed by atoms with Crippen LogP contribution >= 0.6 is 0 Å². The fourth-order valence-corrected chi connectivity index (χ4v) is 1.63. The van der Waals surface area contributed by atoms with Crippen molar-refractivity contribution in [2.45, 2.75) is 19.9 Å². The fourth-order valence-electron chi connectivity index (χ4n) is 1.63. The number of rotatable bonds is 5. The van der Waals surface area contributed by atoms with Crippen LogP contribution in [0.5, 0.6) is 0 Å². The van der Waals surface area contributed by atoms with Crippen LogP contribution in [-0.4, -0.2) is 17.9 Å². The second-order valence-corrected chi connectivity index (χ2v) is 4.44. The molecule has 18 heavy (non-hydrogen) atoms. The highest BCUT2D eigenvalue weighted by atomic mass is 16.1. The van der Waals surface area contributed by atoms with Gasteiger partial charge in [0.25, 0.3) is 5.91 Å². The number of carbonyl (C=O) groups excluding carboxylic acids is 2. The molecule has 6 heteroatoms. The lowest BCUT2D eigenvalue weighted by atomic mass is 10.0. The van der Waals surface area contributed by atoms with E-state index in [9.17, 15) is 9.59 Å². The van der Waals surface area contributed by atoms with Crippen LogP contribution in [0.2, 0.25) is 0 Å². The minimum absolute atomic E-state index is 0.0235. The number of nitrogens with two attached hydrogens (primary N) is 3. The second-order valence-electron chi connectivity index (χ2n) is 4.44. The molecule has 6 nitrogen and oxygen atoms in total. The SMILES string of the molecule is CC(C)C(Nc1cc(N)ccc1C(N)=O)C(N)=O. The van der Waals surface area contributed by atoms with Gasteiger partial charge in [0.15, 0.2) is 0 Å². The Morgan fingerprint density at radius 3 is 2.28 bits per heavy atom. The first-order valence-corrected chi connectivity index (χ1v) is 5.58. The Kier molecular flexibility index (Phi) is 4.14. The topological polar surface area (TPSA) is 124 Å². The standard InChI is InChI=1S/C12H18N4O2/c1-6(2)10(12(15)18)16-9-5-7(13)3-4-8(9)11(14)17/h3-6,10,16H,13H2,1-2H3,(H2,14,17)(H2,15,18). The first-order valence-electron chi connectivity index (χ1n) is 5.58. The van der Waals surface area contributed by atoms with Crippen LogP contribution in [0.3, 0.4) is 0 Å². The van der Waals surface area contributed by atoms with Crippen LogP contribution in [0.4, 0.5) is 11.4 Å². The molecule has 0 heterocycles.